The van der Waals surface area contributed by atoms with Gasteiger partial charge in [-0.15, -0.1) is 0 Å². The van der Waals surface area contributed by atoms with E-state index in [-0.39, 0.29) is 18.1 Å². The third-order valence-electron chi connectivity index (χ3n) is 3.81. The minimum atomic E-state index is -0.479. The van der Waals surface area contributed by atoms with Crippen LogP contribution in [0.1, 0.15) is 18.1 Å². The minimum absolute atomic E-state index is 0.0476. The maximum atomic E-state index is 12.2. The van der Waals surface area contributed by atoms with Crippen LogP contribution in [-0.4, -0.2) is 35.9 Å². The van der Waals surface area contributed by atoms with Crippen molar-refractivity contribution in [2.24, 2.45) is 0 Å². The van der Waals surface area contributed by atoms with Gasteiger partial charge in [-0.2, -0.15) is 0 Å². The highest BCUT2D eigenvalue weighted by Gasteiger charge is 2.12. The summed E-state index contributed by atoms with van der Waals surface area (Å²) in [4.78, 5) is 24.5. The fraction of sp³-hybridized carbons (Fsp3) is 0.316. The zero-order valence-corrected chi connectivity index (χ0v) is 15.2. The van der Waals surface area contributed by atoms with Crippen LogP contribution >= 0.6 is 0 Å². The van der Waals surface area contributed by atoms with Gasteiger partial charge in [0, 0.05) is 18.7 Å². The zero-order chi connectivity index (χ0) is 19.1. The Bertz CT molecular complexity index is 775. The van der Waals surface area contributed by atoms with E-state index in [1.165, 1.54) is 12.1 Å². The predicted molar refractivity (Wildman–Crippen MR) is 100 cm³/mol. The Morgan fingerprint density at radius 3 is 2.54 bits per heavy atom. The van der Waals surface area contributed by atoms with Crippen LogP contribution in [0.3, 0.4) is 0 Å². The van der Waals surface area contributed by atoms with E-state index >= 15 is 0 Å². The van der Waals surface area contributed by atoms with E-state index in [2.05, 4.69) is 5.32 Å². The Kier molecular flexibility index (Phi) is 6.68. The molecule has 0 atom stereocenters. The van der Waals surface area contributed by atoms with Gasteiger partial charge in [-0.05, 0) is 44.2 Å². The van der Waals surface area contributed by atoms with Crippen LogP contribution in [0.2, 0.25) is 0 Å². The molecule has 0 saturated carbocycles. The average molecular weight is 357 g/mol. The number of rotatable bonds is 8. The maximum Gasteiger partial charge on any atom is 0.271 e. The smallest absolute Gasteiger partial charge is 0.271 e. The highest BCUT2D eigenvalue weighted by Crippen LogP contribution is 2.21. The molecule has 0 aliphatic carbocycles. The molecule has 0 spiro atoms. The fourth-order valence-electron chi connectivity index (χ4n) is 2.52. The fourth-order valence-corrected chi connectivity index (χ4v) is 2.52. The number of carbonyl (C=O) groups excluding carboxylic acids is 1. The molecule has 2 aromatic carbocycles. The third kappa shape index (κ3) is 5.56. The second-order valence-corrected chi connectivity index (χ2v) is 6.05. The molecule has 0 radical (unpaired) electrons. The van der Waals surface area contributed by atoms with Crippen molar-refractivity contribution in [3.05, 3.63) is 63.7 Å². The number of carbonyl (C=O) groups is 1. The average Bonchev–Trinajstić information content (AvgIpc) is 2.58. The number of likely N-dealkylation sites (N-methyl/N-ethyl adjacent to an activating group) is 1. The van der Waals surface area contributed by atoms with Gasteiger partial charge in [0.05, 0.1) is 23.8 Å². The van der Waals surface area contributed by atoms with E-state index in [0.29, 0.717) is 18.8 Å². The molecule has 0 unspecified atom stereocenters. The molecule has 7 nitrogen and oxygen atoms in total. The SMILES string of the molecule is CCOc1ccc(CN(C)CC(=O)Nc2cc([N+](=O)[O-])ccc2C)cc1. The van der Waals surface area contributed by atoms with Gasteiger partial charge in [-0.25, -0.2) is 0 Å². The van der Waals surface area contributed by atoms with E-state index in [0.717, 1.165) is 16.9 Å². The summed E-state index contributed by atoms with van der Waals surface area (Å²) in [5, 5.41) is 13.6. The summed E-state index contributed by atoms with van der Waals surface area (Å²) in [6.07, 6.45) is 0. The number of ether oxygens (including phenoxy) is 1. The Hall–Kier alpha value is -2.93. The van der Waals surface area contributed by atoms with E-state index in [1.807, 2.05) is 43.1 Å². The molecule has 2 rings (SSSR count). The van der Waals surface area contributed by atoms with Crippen molar-refractivity contribution < 1.29 is 14.5 Å². The van der Waals surface area contributed by atoms with Gasteiger partial charge >= 0.3 is 0 Å². The number of amides is 1. The molecular weight excluding hydrogens is 334 g/mol. The van der Waals surface area contributed by atoms with Gasteiger partial charge in [0.25, 0.3) is 5.69 Å². The first-order chi connectivity index (χ1) is 12.4. The Morgan fingerprint density at radius 1 is 1.23 bits per heavy atom. The number of hydrogen-bond donors (Lipinski definition) is 1. The van der Waals surface area contributed by atoms with Crippen molar-refractivity contribution in [1.82, 2.24) is 4.90 Å². The number of nitrogens with one attached hydrogen (secondary N) is 1. The summed E-state index contributed by atoms with van der Waals surface area (Å²) in [6.45, 7) is 5.13. The number of aryl methyl sites for hydroxylation is 1. The number of nitro groups is 1. The maximum absolute atomic E-state index is 12.2. The lowest BCUT2D eigenvalue weighted by molar-refractivity contribution is -0.384. The predicted octanol–water partition coefficient (Wildman–Crippen LogP) is 3.37. The first-order valence-corrected chi connectivity index (χ1v) is 8.34. The van der Waals surface area contributed by atoms with E-state index in [4.69, 9.17) is 4.74 Å². The number of benzene rings is 2. The van der Waals surface area contributed by atoms with Crippen LogP contribution in [-0.2, 0) is 11.3 Å². The molecule has 138 valence electrons. The molecule has 0 aliphatic rings. The number of anilines is 1. The van der Waals surface area contributed by atoms with Crippen molar-refractivity contribution >= 4 is 17.3 Å². The Balaban J connectivity index is 1.92. The Morgan fingerprint density at radius 2 is 1.92 bits per heavy atom. The van der Waals surface area contributed by atoms with Crippen LogP contribution in [0.15, 0.2) is 42.5 Å². The van der Waals surface area contributed by atoms with E-state index in [9.17, 15) is 14.9 Å². The molecule has 7 heteroatoms. The topological polar surface area (TPSA) is 84.7 Å². The highest BCUT2D eigenvalue weighted by atomic mass is 16.6. The lowest BCUT2D eigenvalue weighted by Gasteiger charge is -2.17. The van der Waals surface area contributed by atoms with Crippen molar-refractivity contribution in [3.63, 3.8) is 0 Å². The molecule has 0 fully saturated rings. The summed E-state index contributed by atoms with van der Waals surface area (Å²) < 4.78 is 5.41. The van der Waals surface area contributed by atoms with Gasteiger partial charge in [0.2, 0.25) is 5.91 Å². The van der Waals surface area contributed by atoms with Crippen LogP contribution in [0.4, 0.5) is 11.4 Å². The second kappa shape index (κ2) is 8.96. The standard InChI is InChI=1S/C19H23N3O4/c1-4-26-17-9-6-15(7-10-17)12-21(3)13-19(23)20-18-11-16(22(24)25)8-5-14(18)2/h5-11H,4,12-13H2,1-3H3,(H,20,23). The zero-order valence-electron chi connectivity index (χ0n) is 15.2. The molecule has 1 N–H and O–H groups in total. The van der Waals surface area contributed by atoms with E-state index in [1.54, 1.807) is 13.0 Å². The van der Waals surface area contributed by atoms with Crippen molar-refractivity contribution in [2.75, 3.05) is 25.5 Å². The quantitative estimate of drug-likeness (QED) is 0.578. The van der Waals surface area contributed by atoms with Gasteiger partial charge in [0.1, 0.15) is 5.75 Å². The van der Waals surface area contributed by atoms with Gasteiger partial charge in [-0.3, -0.25) is 19.8 Å². The molecule has 26 heavy (non-hydrogen) atoms. The molecule has 0 saturated heterocycles. The number of hydrogen-bond acceptors (Lipinski definition) is 5. The first-order valence-electron chi connectivity index (χ1n) is 8.34. The first kappa shape index (κ1) is 19.4. The van der Waals surface area contributed by atoms with Gasteiger partial charge in [-0.1, -0.05) is 18.2 Å². The molecule has 0 heterocycles. The largest absolute Gasteiger partial charge is 0.494 e. The van der Waals surface area contributed by atoms with Crippen LogP contribution < -0.4 is 10.1 Å². The second-order valence-electron chi connectivity index (χ2n) is 6.05. The number of non-ortho nitro benzene ring substituents is 1. The summed E-state index contributed by atoms with van der Waals surface area (Å²) in [5.74, 6) is 0.597. The van der Waals surface area contributed by atoms with Crippen molar-refractivity contribution in [1.29, 1.82) is 0 Å². The van der Waals surface area contributed by atoms with E-state index < -0.39 is 4.92 Å². The Labute approximate surface area is 152 Å². The summed E-state index contributed by atoms with van der Waals surface area (Å²) in [5.41, 5.74) is 2.25. The monoisotopic (exact) mass is 357 g/mol. The minimum Gasteiger partial charge on any atom is -0.494 e. The molecular formula is C19H23N3O4. The molecule has 0 bridgehead atoms. The summed E-state index contributed by atoms with van der Waals surface area (Å²) >= 11 is 0. The van der Waals surface area contributed by atoms with Crippen molar-refractivity contribution in [3.8, 4) is 5.75 Å². The lowest BCUT2D eigenvalue weighted by Crippen LogP contribution is -2.30. The van der Waals surface area contributed by atoms with Crippen LogP contribution in [0.5, 0.6) is 5.75 Å². The van der Waals surface area contributed by atoms with Gasteiger partial charge < -0.3 is 10.1 Å². The third-order valence-corrected chi connectivity index (χ3v) is 3.81. The van der Waals surface area contributed by atoms with Crippen LogP contribution in [0, 0.1) is 17.0 Å². The number of nitro benzene ring substituents is 1. The normalized spacial score (nSPS) is 10.6. The molecule has 0 aromatic heterocycles. The molecule has 0 aliphatic heterocycles. The summed E-state index contributed by atoms with van der Waals surface area (Å²) in [6, 6.07) is 12.1. The van der Waals surface area contributed by atoms with Gasteiger partial charge in [0.15, 0.2) is 0 Å². The lowest BCUT2D eigenvalue weighted by atomic mass is 10.2. The highest BCUT2D eigenvalue weighted by molar-refractivity contribution is 5.93. The summed E-state index contributed by atoms with van der Waals surface area (Å²) in [7, 11) is 1.84. The van der Waals surface area contributed by atoms with Crippen molar-refractivity contribution in [2.45, 2.75) is 20.4 Å². The van der Waals surface area contributed by atoms with Crippen LogP contribution in [0.25, 0.3) is 0 Å². The molecule has 2 aromatic rings. The molecule has 1 amide bonds. The number of nitrogens with zero attached hydrogens (tertiary/aromatic N) is 2.